The molecule has 0 saturated carbocycles. The molecule has 7 nitrogen and oxygen atoms in total. The van der Waals surface area contributed by atoms with E-state index in [2.05, 4.69) is 10.1 Å². The Labute approximate surface area is 172 Å². The summed E-state index contributed by atoms with van der Waals surface area (Å²) in [5.41, 5.74) is 0. The third-order valence-corrected chi connectivity index (χ3v) is 7.31. The molecule has 9 heteroatoms. The highest BCUT2D eigenvalue weighted by atomic mass is 32.2. The van der Waals surface area contributed by atoms with Gasteiger partial charge in [-0.15, -0.1) is 11.3 Å². The van der Waals surface area contributed by atoms with Crippen molar-refractivity contribution in [2.45, 2.75) is 18.4 Å². The molecule has 29 heavy (non-hydrogen) atoms. The molecule has 2 aromatic heterocycles. The first kappa shape index (κ1) is 19.6. The average molecular weight is 430 g/mol. The summed E-state index contributed by atoms with van der Waals surface area (Å²) >= 11 is 1.49. The van der Waals surface area contributed by atoms with Gasteiger partial charge in [0.25, 0.3) is 0 Å². The van der Waals surface area contributed by atoms with Crippen LogP contribution >= 0.6 is 11.3 Å². The Hall–Kier alpha value is -2.75. The van der Waals surface area contributed by atoms with Crippen LogP contribution in [0.15, 0.2) is 63.3 Å². The number of rotatable bonds is 7. The summed E-state index contributed by atoms with van der Waals surface area (Å²) in [5, 5.41) is 7.60. The van der Waals surface area contributed by atoms with Crippen molar-refractivity contribution >= 4 is 32.1 Å². The van der Waals surface area contributed by atoms with Gasteiger partial charge in [-0.1, -0.05) is 30.3 Å². The van der Waals surface area contributed by atoms with Crippen LogP contribution in [-0.4, -0.2) is 36.5 Å². The molecular weight excluding hydrogens is 410 g/mol. The molecule has 0 aliphatic rings. The maximum absolute atomic E-state index is 13.2. The van der Waals surface area contributed by atoms with Crippen LogP contribution in [0.4, 0.5) is 0 Å². The third kappa shape index (κ3) is 3.89. The third-order valence-electron chi connectivity index (χ3n) is 4.53. The Morgan fingerprint density at radius 3 is 2.66 bits per heavy atom. The van der Waals surface area contributed by atoms with Crippen molar-refractivity contribution in [2.24, 2.45) is 0 Å². The molecule has 0 amide bonds. The van der Waals surface area contributed by atoms with E-state index in [4.69, 9.17) is 9.26 Å². The van der Waals surface area contributed by atoms with Crippen LogP contribution in [-0.2, 0) is 16.6 Å². The summed E-state index contributed by atoms with van der Waals surface area (Å²) in [5.74, 6) is 1.44. The maximum Gasteiger partial charge on any atom is 0.243 e. The van der Waals surface area contributed by atoms with Crippen molar-refractivity contribution in [3.05, 3.63) is 59.8 Å². The van der Waals surface area contributed by atoms with Crippen molar-refractivity contribution in [3.63, 3.8) is 0 Å². The smallest absolute Gasteiger partial charge is 0.243 e. The average Bonchev–Trinajstić information content (AvgIpc) is 3.42. The second-order valence-electron chi connectivity index (χ2n) is 6.30. The lowest BCUT2D eigenvalue weighted by Crippen LogP contribution is -2.30. The summed E-state index contributed by atoms with van der Waals surface area (Å²) in [7, 11) is -2.13. The molecule has 0 aliphatic heterocycles. The number of hydrogen-bond acceptors (Lipinski definition) is 7. The van der Waals surface area contributed by atoms with Gasteiger partial charge < -0.3 is 9.26 Å². The number of hydrogen-bond donors (Lipinski definition) is 0. The minimum Gasteiger partial charge on any atom is -0.497 e. The number of fused-ring (bicyclic) bond motifs is 1. The van der Waals surface area contributed by atoms with Crippen LogP contribution in [0.2, 0.25) is 0 Å². The van der Waals surface area contributed by atoms with Gasteiger partial charge >= 0.3 is 0 Å². The monoisotopic (exact) mass is 429 g/mol. The minimum atomic E-state index is -3.72. The second kappa shape index (κ2) is 7.94. The Balaban J connectivity index is 1.61. The van der Waals surface area contributed by atoms with Crippen LogP contribution < -0.4 is 4.74 Å². The molecule has 4 aromatic rings. The molecule has 2 aromatic carbocycles. The van der Waals surface area contributed by atoms with Crippen LogP contribution in [0.1, 0.15) is 12.8 Å². The highest BCUT2D eigenvalue weighted by molar-refractivity contribution is 7.89. The molecule has 2 heterocycles. The normalized spacial score (nSPS) is 12.0. The molecule has 0 aliphatic carbocycles. The first-order valence-electron chi connectivity index (χ1n) is 8.95. The number of aromatic nitrogens is 2. The highest BCUT2D eigenvalue weighted by Crippen LogP contribution is 2.26. The van der Waals surface area contributed by atoms with Gasteiger partial charge in [0, 0.05) is 6.54 Å². The maximum atomic E-state index is 13.2. The quantitative estimate of drug-likeness (QED) is 0.438. The molecule has 0 N–H and O–H groups in total. The van der Waals surface area contributed by atoms with Crippen molar-refractivity contribution in [1.29, 1.82) is 0 Å². The lowest BCUT2D eigenvalue weighted by molar-refractivity contribution is 0.322. The van der Waals surface area contributed by atoms with E-state index in [1.165, 1.54) is 15.6 Å². The molecular formula is C20H19N3O4S2. The number of nitrogens with zero attached hydrogens (tertiary/aromatic N) is 3. The SMILES string of the molecule is CCN(Cc1nc(-c2cccs2)no1)S(=O)(=O)c1ccc2cc(OC)ccc2c1. The number of ether oxygens (including phenoxy) is 1. The predicted octanol–water partition coefficient (Wildman–Crippen LogP) is 4.17. The van der Waals surface area contributed by atoms with Crippen molar-refractivity contribution in [3.8, 4) is 16.5 Å². The molecule has 0 radical (unpaired) electrons. The van der Waals surface area contributed by atoms with E-state index in [9.17, 15) is 8.42 Å². The Bertz CT molecular complexity index is 1230. The first-order valence-corrected chi connectivity index (χ1v) is 11.3. The van der Waals surface area contributed by atoms with E-state index in [-0.39, 0.29) is 23.9 Å². The van der Waals surface area contributed by atoms with Crippen LogP contribution in [0.25, 0.3) is 21.5 Å². The van der Waals surface area contributed by atoms with Gasteiger partial charge in [0.05, 0.1) is 23.4 Å². The zero-order chi connectivity index (χ0) is 20.4. The van der Waals surface area contributed by atoms with E-state index in [1.807, 2.05) is 29.6 Å². The largest absolute Gasteiger partial charge is 0.497 e. The van der Waals surface area contributed by atoms with Crippen LogP contribution in [0, 0.1) is 0 Å². The standard InChI is InChI=1S/C20H19N3O4S2/c1-3-23(13-19-21-20(22-27-19)18-5-4-10-28-18)29(24,25)17-9-7-14-11-16(26-2)8-6-15(14)12-17/h4-12H,3,13H2,1-2H3. The van der Waals surface area contributed by atoms with Crippen molar-refractivity contribution < 1.29 is 17.7 Å². The van der Waals surface area contributed by atoms with Crippen molar-refractivity contribution in [2.75, 3.05) is 13.7 Å². The molecule has 0 fully saturated rings. The number of benzene rings is 2. The fraction of sp³-hybridized carbons (Fsp3) is 0.200. The fourth-order valence-corrected chi connectivity index (χ4v) is 5.06. The number of thiophene rings is 1. The van der Waals surface area contributed by atoms with E-state index in [1.54, 1.807) is 38.3 Å². The van der Waals surface area contributed by atoms with Crippen molar-refractivity contribution in [1.82, 2.24) is 14.4 Å². The number of methoxy groups -OCH3 is 1. The fourth-order valence-electron chi connectivity index (χ4n) is 2.98. The van der Waals surface area contributed by atoms with Gasteiger partial charge in [-0.05, 0) is 46.5 Å². The molecule has 0 atom stereocenters. The zero-order valence-corrected chi connectivity index (χ0v) is 17.5. The van der Waals surface area contributed by atoms with E-state index < -0.39 is 10.0 Å². The highest BCUT2D eigenvalue weighted by Gasteiger charge is 2.26. The summed E-state index contributed by atoms with van der Waals surface area (Å²) < 4.78 is 38.2. The Morgan fingerprint density at radius 1 is 1.14 bits per heavy atom. The van der Waals surface area contributed by atoms with Gasteiger partial charge in [-0.2, -0.15) is 9.29 Å². The molecule has 0 unspecified atom stereocenters. The summed E-state index contributed by atoms with van der Waals surface area (Å²) in [6.07, 6.45) is 0. The first-order chi connectivity index (χ1) is 14.0. The Morgan fingerprint density at radius 2 is 1.93 bits per heavy atom. The van der Waals surface area contributed by atoms with Crippen LogP contribution in [0.5, 0.6) is 5.75 Å². The molecule has 150 valence electrons. The van der Waals surface area contributed by atoms with E-state index in [0.717, 1.165) is 21.4 Å². The van der Waals surface area contributed by atoms with E-state index >= 15 is 0 Å². The molecule has 0 saturated heterocycles. The van der Waals surface area contributed by atoms with Gasteiger partial charge in [0.15, 0.2) is 0 Å². The predicted molar refractivity (Wildman–Crippen MR) is 111 cm³/mol. The minimum absolute atomic E-state index is 0.0118. The Kier molecular flexibility index (Phi) is 5.35. The van der Waals surface area contributed by atoms with Gasteiger partial charge in [-0.25, -0.2) is 8.42 Å². The molecule has 0 bridgehead atoms. The topological polar surface area (TPSA) is 85.5 Å². The van der Waals surface area contributed by atoms with Gasteiger partial charge in [-0.3, -0.25) is 0 Å². The lowest BCUT2D eigenvalue weighted by Gasteiger charge is -2.19. The second-order valence-corrected chi connectivity index (χ2v) is 9.18. The summed E-state index contributed by atoms with van der Waals surface area (Å²) in [4.78, 5) is 5.42. The zero-order valence-electron chi connectivity index (χ0n) is 15.9. The van der Waals surface area contributed by atoms with Gasteiger partial charge in [0.2, 0.25) is 21.7 Å². The molecule has 4 rings (SSSR count). The summed E-state index contributed by atoms with van der Waals surface area (Å²) in [6.45, 7) is 2.07. The van der Waals surface area contributed by atoms with Crippen LogP contribution in [0.3, 0.4) is 0 Å². The summed E-state index contributed by atoms with van der Waals surface area (Å²) in [6, 6.07) is 14.3. The lowest BCUT2D eigenvalue weighted by atomic mass is 10.1. The van der Waals surface area contributed by atoms with E-state index in [0.29, 0.717) is 5.82 Å². The molecule has 0 spiro atoms. The number of sulfonamides is 1. The van der Waals surface area contributed by atoms with Gasteiger partial charge in [0.1, 0.15) is 5.75 Å².